The Morgan fingerprint density at radius 3 is 2.27 bits per heavy atom. The van der Waals surface area contributed by atoms with Crippen LogP contribution < -0.4 is 5.32 Å². The first-order chi connectivity index (χ1) is 12.4. The highest BCUT2D eigenvalue weighted by molar-refractivity contribution is 8.06. The molecule has 1 fully saturated rings. The van der Waals surface area contributed by atoms with E-state index in [1.54, 1.807) is 11.1 Å². The van der Waals surface area contributed by atoms with Gasteiger partial charge < -0.3 is 5.32 Å². The molecule has 8 heteroatoms. The summed E-state index contributed by atoms with van der Waals surface area (Å²) >= 11 is 0. The predicted octanol–water partition coefficient (Wildman–Crippen LogP) is 3.19. The molecule has 2 aliphatic heterocycles. The van der Waals surface area contributed by atoms with Gasteiger partial charge in [0.15, 0.2) is 0 Å². The lowest BCUT2D eigenvalue weighted by atomic mass is 10.1. The monoisotopic (exact) mass is 377 g/mol. The predicted molar refractivity (Wildman–Crippen MR) is 93.9 cm³/mol. The lowest BCUT2D eigenvalue weighted by molar-refractivity contribution is 0.0929. The maximum atomic E-state index is 14.7. The summed E-state index contributed by atoms with van der Waals surface area (Å²) in [6.45, 7) is 0. The number of fused-ring (bicyclic) bond motifs is 1. The van der Waals surface area contributed by atoms with Gasteiger partial charge in [0.05, 0.1) is 6.04 Å². The minimum atomic E-state index is -4.98. The van der Waals surface area contributed by atoms with Crippen LogP contribution in [0.1, 0.15) is 30.0 Å². The summed E-state index contributed by atoms with van der Waals surface area (Å²) in [5, 5.41) is 3.58. The number of hydrazone groups is 1. The molecule has 2 unspecified atom stereocenters. The molecular formula is C18H17F2N3O2S. The molecule has 0 amide bonds. The Morgan fingerprint density at radius 1 is 1.00 bits per heavy atom. The maximum absolute atomic E-state index is 14.7. The standard InChI is InChI=1S/C18H17F2N3O2S/c19-18(20,14-9-5-2-6-10-14)26(24,25)17-21-16-12-11-15(23(16)22-17)13-7-3-1-4-8-13/h1-10,15-16H,11-12H2,(H,21,22). The average molecular weight is 377 g/mol. The molecule has 26 heavy (non-hydrogen) atoms. The zero-order valence-electron chi connectivity index (χ0n) is 13.7. The Bertz CT molecular complexity index is 933. The van der Waals surface area contributed by atoms with Crippen LogP contribution in [0.2, 0.25) is 0 Å². The van der Waals surface area contributed by atoms with Crippen LogP contribution in [-0.2, 0) is 15.1 Å². The summed E-state index contributed by atoms with van der Waals surface area (Å²) in [5.74, 6) is 0. The average Bonchev–Trinajstić information content (AvgIpc) is 3.24. The van der Waals surface area contributed by atoms with Gasteiger partial charge in [-0.15, -0.1) is 5.10 Å². The summed E-state index contributed by atoms with van der Waals surface area (Å²) in [5.41, 5.74) is 0.408. The van der Waals surface area contributed by atoms with Crippen LogP contribution in [0.5, 0.6) is 0 Å². The normalized spacial score (nSPS) is 22.7. The largest absolute Gasteiger partial charge is 0.378 e. The Hall–Kier alpha value is -2.48. The summed E-state index contributed by atoms with van der Waals surface area (Å²) in [4.78, 5) is 0. The molecule has 2 aromatic carbocycles. The van der Waals surface area contributed by atoms with Gasteiger partial charge in [-0.2, -0.15) is 8.78 Å². The van der Waals surface area contributed by atoms with Crippen LogP contribution in [0, 0.1) is 0 Å². The number of benzene rings is 2. The number of rotatable bonds is 3. The summed E-state index contributed by atoms with van der Waals surface area (Å²) in [6.07, 6.45) is 1.00. The van der Waals surface area contributed by atoms with Crippen LogP contribution in [0.4, 0.5) is 8.78 Å². The molecule has 2 aromatic rings. The smallest absolute Gasteiger partial charge is 0.338 e. The van der Waals surface area contributed by atoms with E-state index in [0.717, 1.165) is 24.1 Å². The van der Waals surface area contributed by atoms with Crippen molar-refractivity contribution in [3.63, 3.8) is 0 Å². The maximum Gasteiger partial charge on any atom is 0.378 e. The van der Waals surface area contributed by atoms with Crippen LogP contribution in [0.25, 0.3) is 0 Å². The van der Waals surface area contributed by atoms with Crippen LogP contribution in [0.15, 0.2) is 65.8 Å². The molecule has 2 aliphatic rings. The van der Waals surface area contributed by atoms with Gasteiger partial charge in [0.2, 0.25) is 5.17 Å². The first kappa shape index (κ1) is 17.0. The van der Waals surface area contributed by atoms with Gasteiger partial charge in [0, 0.05) is 5.56 Å². The second-order valence-electron chi connectivity index (χ2n) is 6.34. The third kappa shape index (κ3) is 2.56. The second-order valence-corrected chi connectivity index (χ2v) is 8.24. The molecule has 1 saturated heterocycles. The summed E-state index contributed by atoms with van der Waals surface area (Å²) in [7, 11) is -4.98. The summed E-state index contributed by atoms with van der Waals surface area (Å²) < 4.78 is 54.4. The second kappa shape index (κ2) is 6.05. The van der Waals surface area contributed by atoms with E-state index in [0.29, 0.717) is 6.42 Å². The van der Waals surface area contributed by atoms with Crippen molar-refractivity contribution in [2.45, 2.75) is 30.3 Å². The van der Waals surface area contributed by atoms with E-state index in [-0.39, 0.29) is 6.04 Å². The number of sulfone groups is 1. The third-order valence-electron chi connectivity index (χ3n) is 4.73. The molecule has 0 bridgehead atoms. The zero-order chi connectivity index (χ0) is 18.4. The lowest BCUT2D eigenvalue weighted by Crippen LogP contribution is -2.41. The van der Waals surface area contributed by atoms with E-state index in [4.69, 9.17) is 0 Å². The highest BCUT2D eigenvalue weighted by Gasteiger charge is 2.53. The van der Waals surface area contributed by atoms with E-state index in [1.807, 2.05) is 30.3 Å². The minimum Gasteiger partial charge on any atom is -0.338 e. The first-order valence-corrected chi connectivity index (χ1v) is 9.76. The molecule has 5 nitrogen and oxygen atoms in total. The molecule has 4 rings (SSSR count). The van der Waals surface area contributed by atoms with Crippen molar-refractivity contribution >= 4 is 15.0 Å². The van der Waals surface area contributed by atoms with Gasteiger partial charge in [-0.3, -0.25) is 5.01 Å². The molecule has 0 spiro atoms. The fraction of sp³-hybridized carbons (Fsp3) is 0.278. The zero-order valence-corrected chi connectivity index (χ0v) is 14.5. The van der Waals surface area contributed by atoms with E-state index in [9.17, 15) is 17.2 Å². The molecule has 136 valence electrons. The highest BCUT2D eigenvalue weighted by atomic mass is 32.2. The topological polar surface area (TPSA) is 61.8 Å². The lowest BCUT2D eigenvalue weighted by Gasteiger charge is -2.21. The fourth-order valence-electron chi connectivity index (χ4n) is 3.39. The van der Waals surface area contributed by atoms with E-state index >= 15 is 0 Å². The van der Waals surface area contributed by atoms with Crippen molar-refractivity contribution in [2.75, 3.05) is 0 Å². The quantitative estimate of drug-likeness (QED) is 0.892. The molecule has 0 saturated carbocycles. The van der Waals surface area contributed by atoms with Crippen molar-refractivity contribution in [3.05, 3.63) is 71.8 Å². The van der Waals surface area contributed by atoms with Gasteiger partial charge in [-0.25, -0.2) is 8.42 Å². The van der Waals surface area contributed by atoms with Crippen LogP contribution in [-0.4, -0.2) is 24.8 Å². The van der Waals surface area contributed by atoms with Gasteiger partial charge in [0.1, 0.15) is 6.17 Å². The van der Waals surface area contributed by atoms with Gasteiger partial charge in [-0.05, 0) is 18.4 Å². The summed E-state index contributed by atoms with van der Waals surface area (Å²) in [6, 6.07) is 15.9. The first-order valence-electron chi connectivity index (χ1n) is 8.27. The Balaban J connectivity index is 1.67. The molecule has 0 aromatic heterocycles. The van der Waals surface area contributed by atoms with Gasteiger partial charge in [-0.1, -0.05) is 60.7 Å². The molecular weight excluding hydrogens is 360 g/mol. The van der Waals surface area contributed by atoms with Crippen molar-refractivity contribution in [2.24, 2.45) is 5.10 Å². The molecule has 0 aliphatic carbocycles. The van der Waals surface area contributed by atoms with Gasteiger partial charge >= 0.3 is 5.25 Å². The number of alkyl halides is 2. The minimum absolute atomic E-state index is 0.133. The van der Waals surface area contributed by atoms with Crippen molar-refractivity contribution < 1.29 is 17.2 Å². The van der Waals surface area contributed by atoms with Crippen molar-refractivity contribution in [3.8, 4) is 0 Å². The van der Waals surface area contributed by atoms with E-state index in [1.165, 1.54) is 12.1 Å². The highest BCUT2D eigenvalue weighted by Crippen LogP contribution is 2.41. The van der Waals surface area contributed by atoms with Crippen LogP contribution in [0.3, 0.4) is 0 Å². The van der Waals surface area contributed by atoms with Crippen molar-refractivity contribution in [1.29, 1.82) is 0 Å². The Labute approximate surface area is 150 Å². The third-order valence-corrected chi connectivity index (χ3v) is 6.35. The molecule has 0 radical (unpaired) electrons. The number of nitrogens with zero attached hydrogens (tertiary/aromatic N) is 2. The number of hydrogen-bond donors (Lipinski definition) is 1. The number of halogens is 2. The Morgan fingerprint density at radius 2 is 1.62 bits per heavy atom. The van der Waals surface area contributed by atoms with E-state index in [2.05, 4.69) is 10.4 Å². The molecule has 1 N–H and O–H groups in total. The van der Waals surface area contributed by atoms with Gasteiger partial charge in [0.25, 0.3) is 9.84 Å². The Kier molecular flexibility index (Phi) is 3.95. The number of hydrogen-bond acceptors (Lipinski definition) is 5. The fourth-order valence-corrected chi connectivity index (χ4v) is 4.57. The van der Waals surface area contributed by atoms with Crippen molar-refractivity contribution in [1.82, 2.24) is 10.3 Å². The number of amidine groups is 1. The molecule has 2 heterocycles. The SMILES string of the molecule is O=S(=O)(C1=NN2C(CCC2c2ccccc2)N1)C(F)(F)c1ccccc1. The van der Waals surface area contributed by atoms with Crippen LogP contribution >= 0.6 is 0 Å². The number of nitrogens with one attached hydrogen (secondary N) is 1. The van der Waals surface area contributed by atoms with E-state index < -0.39 is 32.0 Å². The molecule has 2 atom stereocenters.